The molecule has 0 saturated heterocycles. The molecule has 4 aromatic heterocycles. The molecule has 162 valence electrons. The van der Waals surface area contributed by atoms with E-state index in [2.05, 4.69) is 20.5 Å². The maximum absolute atomic E-state index is 12.9. The maximum atomic E-state index is 12.9. The molecule has 0 bridgehead atoms. The molecule has 0 fully saturated rings. The Labute approximate surface area is 195 Å². The zero-order valence-corrected chi connectivity index (χ0v) is 19.8. The average molecular weight is 483 g/mol. The van der Waals surface area contributed by atoms with E-state index in [1.54, 1.807) is 23.1 Å². The number of ether oxygens (including phenoxy) is 1. The molecule has 0 aliphatic carbocycles. The van der Waals surface area contributed by atoms with E-state index in [-0.39, 0.29) is 10.8 Å². The van der Waals surface area contributed by atoms with Crippen LogP contribution in [0, 0.1) is 6.92 Å². The van der Waals surface area contributed by atoms with Crippen molar-refractivity contribution in [3.63, 3.8) is 0 Å². The zero-order valence-electron chi connectivity index (χ0n) is 17.4. The minimum absolute atomic E-state index is 0.137. The molecular formula is C21H18N6O2S3. The van der Waals surface area contributed by atoms with Gasteiger partial charge in [0.25, 0.3) is 5.56 Å². The lowest BCUT2D eigenvalue weighted by Gasteiger charge is -2.13. The van der Waals surface area contributed by atoms with E-state index in [4.69, 9.17) is 9.72 Å². The van der Waals surface area contributed by atoms with Gasteiger partial charge in [0.15, 0.2) is 0 Å². The zero-order chi connectivity index (χ0) is 22.2. The highest BCUT2D eigenvalue weighted by Crippen LogP contribution is 2.37. The lowest BCUT2D eigenvalue weighted by Crippen LogP contribution is -2.12. The van der Waals surface area contributed by atoms with Gasteiger partial charge >= 0.3 is 0 Å². The van der Waals surface area contributed by atoms with Gasteiger partial charge in [-0.25, -0.2) is 4.98 Å². The molecule has 5 aromatic rings. The number of nitrogens with one attached hydrogen (secondary N) is 1. The van der Waals surface area contributed by atoms with Crippen LogP contribution in [-0.4, -0.2) is 37.3 Å². The van der Waals surface area contributed by atoms with E-state index < -0.39 is 0 Å². The number of aromatic nitrogens is 6. The van der Waals surface area contributed by atoms with Gasteiger partial charge in [0.1, 0.15) is 22.1 Å². The van der Waals surface area contributed by atoms with Crippen molar-refractivity contribution < 1.29 is 4.74 Å². The molecule has 1 atom stereocenters. The van der Waals surface area contributed by atoms with E-state index in [9.17, 15) is 4.79 Å². The number of aryl methyl sites for hydroxylation is 1. The summed E-state index contributed by atoms with van der Waals surface area (Å²) >= 11 is 4.50. The first-order chi connectivity index (χ1) is 15.5. The summed E-state index contributed by atoms with van der Waals surface area (Å²) in [6.45, 7) is 3.97. The molecule has 0 saturated carbocycles. The molecule has 1 unspecified atom stereocenters. The van der Waals surface area contributed by atoms with Crippen LogP contribution in [0.5, 0.6) is 5.75 Å². The molecule has 1 aromatic carbocycles. The van der Waals surface area contributed by atoms with Crippen molar-refractivity contribution in [2.24, 2.45) is 0 Å². The van der Waals surface area contributed by atoms with Crippen LogP contribution in [-0.2, 0) is 0 Å². The van der Waals surface area contributed by atoms with Gasteiger partial charge in [-0.05, 0) is 53.4 Å². The van der Waals surface area contributed by atoms with Gasteiger partial charge in [-0.1, -0.05) is 23.9 Å². The number of rotatable bonds is 6. The Hall–Kier alpha value is -3.02. The SMILES string of the molecule is COc1ccc(C)cc1-n1nnnc1SC(C)c1nc2scc(-c3cccs3)c2c(=O)[nH]1. The topological polar surface area (TPSA) is 98.6 Å². The molecule has 8 nitrogen and oxygen atoms in total. The second-order valence-electron chi connectivity index (χ2n) is 7.07. The molecule has 0 amide bonds. The first-order valence-corrected chi connectivity index (χ1v) is 12.3. The molecule has 11 heteroatoms. The lowest BCUT2D eigenvalue weighted by molar-refractivity contribution is 0.410. The number of H-pyrrole nitrogens is 1. The number of benzene rings is 1. The van der Waals surface area contributed by atoms with Crippen molar-refractivity contribution in [3.8, 4) is 21.9 Å². The fourth-order valence-corrected chi connectivity index (χ4v) is 5.98. The predicted octanol–water partition coefficient (Wildman–Crippen LogP) is 4.86. The van der Waals surface area contributed by atoms with Crippen LogP contribution >= 0.6 is 34.4 Å². The highest BCUT2D eigenvalue weighted by molar-refractivity contribution is 7.99. The quantitative estimate of drug-likeness (QED) is 0.345. The minimum atomic E-state index is -0.181. The third kappa shape index (κ3) is 3.72. The van der Waals surface area contributed by atoms with Crippen molar-refractivity contribution in [3.05, 3.63) is 62.8 Å². The van der Waals surface area contributed by atoms with Gasteiger partial charge < -0.3 is 9.72 Å². The fourth-order valence-electron chi connectivity index (χ4n) is 3.35. The van der Waals surface area contributed by atoms with Crippen molar-refractivity contribution >= 4 is 44.7 Å². The van der Waals surface area contributed by atoms with E-state index >= 15 is 0 Å². The van der Waals surface area contributed by atoms with Crippen molar-refractivity contribution in [1.82, 2.24) is 30.2 Å². The van der Waals surface area contributed by atoms with Gasteiger partial charge in [-0.3, -0.25) is 4.79 Å². The Bertz CT molecular complexity index is 1450. The van der Waals surface area contributed by atoms with Crippen LogP contribution in [0.25, 0.3) is 26.3 Å². The molecule has 5 rings (SSSR count). The highest BCUT2D eigenvalue weighted by Gasteiger charge is 2.21. The molecule has 1 N–H and O–H groups in total. The molecule has 0 spiro atoms. The van der Waals surface area contributed by atoms with Crippen LogP contribution < -0.4 is 10.3 Å². The number of hydrogen-bond acceptors (Lipinski definition) is 9. The smallest absolute Gasteiger partial charge is 0.260 e. The Kier molecular flexibility index (Phi) is 5.53. The normalized spacial score (nSPS) is 12.3. The summed E-state index contributed by atoms with van der Waals surface area (Å²) in [6, 6.07) is 9.81. The number of nitrogens with zero attached hydrogens (tertiary/aromatic N) is 5. The lowest BCUT2D eigenvalue weighted by atomic mass is 10.2. The summed E-state index contributed by atoms with van der Waals surface area (Å²) in [5.41, 5.74) is 2.61. The molecule has 0 aliphatic rings. The van der Waals surface area contributed by atoms with Crippen LogP contribution in [0.3, 0.4) is 0 Å². The Morgan fingerprint density at radius 3 is 2.91 bits per heavy atom. The molecule has 32 heavy (non-hydrogen) atoms. The number of methoxy groups -OCH3 is 1. The summed E-state index contributed by atoms with van der Waals surface area (Å²) in [6.07, 6.45) is 0. The highest BCUT2D eigenvalue weighted by atomic mass is 32.2. The molecular weight excluding hydrogens is 464 g/mol. The average Bonchev–Trinajstić information content (AvgIpc) is 3.54. The first-order valence-electron chi connectivity index (χ1n) is 9.70. The summed E-state index contributed by atoms with van der Waals surface area (Å²) in [5, 5.41) is 17.2. The number of thioether (sulfide) groups is 1. The van der Waals surface area contributed by atoms with E-state index in [1.165, 1.54) is 23.1 Å². The third-order valence-electron chi connectivity index (χ3n) is 4.92. The maximum Gasteiger partial charge on any atom is 0.260 e. The fraction of sp³-hybridized carbons (Fsp3) is 0.190. The van der Waals surface area contributed by atoms with Gasteiger partial charge in [-0.2, -0.15) is 4.68 Å². The van der Waals surface area contributed by atoms with Crippen LogP contribution in [0.4, 0.5) is 0 Å². The largest absolute Gasteiger partial charge is 0.494 e. The van der Waals surface area contributed by atoms with Gasteiger partial charge in [0.2, 0.25) is 5.16 Å². The monoisotopic (exact) mass is 482 g/mol. The Balaban J connectivity index is 1.48. The van der Waals surface area contributed by atoms with Crippen LogP contribution in [0.15, 0.2) is 51.0 Å². The second kappa shape index (κ2) is 8.49. The number of hydrogen-bond donors (Lipinski definition) is 1. The second-order valence-corrected chi connectivity index (χ2v) is 10.2. The molecule has 4 heterocycles. The van der Waals surface area contributed by atoms with E-state index in [0.717, 1.165) is 26.5 Å². The summed E-state index contributed by atoms with van der Waals surface area (Å²) < 4.78 is 7.12. The van der Waals surface area contributed by atoms with Crippen molar-refractivity contribution in [1.29, 1.82) is 0 Å². The number of aromatic amines is 1. The van der Waals surface area contributed by atoms with Gasteiger partial charge in [0, 0.05) is 15.8 Å². The van der Waals surface area contributed by atoms with Crippen molar-refractivity contribution in [2.45, 2.75) is 24.3 Å². The molecule has 0 radical (unpaired) electrons. The summed E-state index contributed by atoms with van der Waals surface area (Å²) in [4.78, 5) is 22.4. The first kappa shape index (κ1) is 20.9. The van der Waals surface area contributed by atoms with E-state index in [0.29, 0.717) is 22.1 Å². The van der Waals surface area contributed by atoms with Gasteiger partial charge in [0.05, 0.1) is 17.7 Å². The number of thiophene rings is 2. The van der Waals surface area contributed by atoms with E-state index in [1.807, 2.05) is 54.9 Å². The Morgan fingerprint density at radius 2 is 2.12 bits per heavy atom. The van der Waals surface area contributed by atoms with Crippen LogP contribution in [0.2, 0.25) is 0 Å². The number of fused-ring (bicyclic) bond motifs is 1. The van der Waals surface area contributed by atoms with Gasteiger partial charge in [-0.15, -0.1) is 27.8 Å². The predicted molar refractivity (Wildman–Crippen MR) is 128 cm³/mol. The summed E-state index contributed by atoms with van der Waals surface area (Å²) in [7, 11) is 1.61. The Morgan fingerprint density at radius 1 is 1.25 bits per heavy atom. The summed E-state index contributed by atoms with van der Waals surface area (Å²) in [5.74, 6) is 1.25. The number of tetrazole rings is 1. The molecule has 0 aliphatic heterocycles. The van der Waals surface area contributed by atoms with Crippen molar-refractivity contribution in [2.75, 3.05) is 7.11 Å². The van der Waals surface area contributed by atoms with Crippen LogP contribution in [0.1, 0.15) is 23.6 Å². The standard InChI is InChI=1S/C21H18N6O2S3/c1-11-6-7-15(29-3)14(9-11)27-21(24-25-26-27)32-12(2)18-22-19(28)17-13(10-31-20(17)23-18)16-5-4-8-30-16/h4-10,12H,1-3H3,(H,22,23,28). The minimum Gasteiger partial charge on any atom is -0.494 e. The third-order valence-corrected chi connectivity index (χ3v) is 7.74.